The molecule has 61 heavy (non-hydrogen) atoms. The maximum atomic E-state index is 15.3. The van der Waals surface area contributed by atoms with Crippen LogP contribution < -0.4 is 14.2 Å². The Balaban J connectivity index is 1.13. The van der Waals surface area contributed by atoms with Gasteiger partial charge in [-0.1, -0.05) is 99.1 Å². The van der Waals surface area contributed by atoms with Gasteiger partial charge in [-0.15, -0.1) is 17.9 Å². The van der Waals surface area contributed by atoms with Crippen molar-refractivity contribution in [3.8, 4) is 33.3 Å². The Labute approximate surface area is 365 Å². The van der Waals surface area contributed by atoms with Crippen LogP contribution in [-0.4, -0.2) is 71.9 Å². The number of halogens is 1. The number of hydrogen-bond donors (Lipinski definition) is 1. The van der Waals surface area contributed by atoms with Gasteiger partial charge < -0.3 is 14.4 Å². The second-order valence-electron chi connectivity index (χ2n) is 17.5. The van der Waals surface area contributed by atoms with Crippen molar-refractivity contribution in [3.63, 3.8) is 0 Å². The van der Waals surface area contributed by atoms with E-state index in [1.54, 1.807) is 47.8 Å². The molecule has 14 heteroatoms. The van der Waals surface area contributed by atoms with Crippen molar-refractivity contribution in [1.82, 2.24) is 19.6 Å². The van der Waals surface area contributed by atoms with Crippen molar-refractivity contribution in [3.05, 3.63) is 108 Å². The van der Waals surface area contributed by atoms with E-state index in [-0.39, 0.29) is 43.4 Å². The van der Waals surface area contributed by atoms with Gasteiger partial charge in [-0.2, -0.15) is 0 Å². The van der Waals surface area contributed by atoms with Crippen LogP contribution in [0.25, 0.3) is 32.5 Å². The number of ketones is 1. The van der Waals surface area contributed by atoms with Crippen LogP contribution in [0.3, 0.4) is 0 Å². The summed E-state index contributed by atoms with van der Waals surface area (Å²) < 4.78 is 40.2. The molecular formula is C47H49ClN4O7S2. The van der Waals surface area contributed by atoms with Gasteiger partial charge in [0.1, 0.15) is 11.9 Å². The maximum absolute atomic E-state index is 15.3. The number of benzene rings is 3. The van der Waals surface area contributed by atoms with E-state index in [1.165, 1.54) is 0 Å². The van der Waals surface area contributed by atoms with Crippen LogP contribution in [0, 0.1) is 22.7 Å². The van der Waals surface area contributed by atoms with E-state index in [9.17, 15) is 18.0 Å². The maximum Gasteiger partial charge on any atom is 0.240 e. The first-order valence-electron chi connectivity index (χ1n) is 20.5. The van der Waals surface area contributed by atoms with Crippen molar-refractivity contribution >= 4 is 61.3 Å². The van der Waals surface area contributed by atoms with Gasteiger partial charge in [0.25, 0.3) is 0 Å². The molecule has 0 spiro atoms. The number of thiazole rings is 1. The lowest BCUT2D eigenvalue weighted by molar-refractivity contribution is -0.144. The molecule has 2 amide bonds. The Morgan fingerprint density at radius 1 is 1.03 bits per heavy atom. The Hall–Kier alpha value is -5.11. The summed E-state index contributed by atoms with van der Waals surface area (Å²) in [4.78, 5) is 56.1. The summed E-state index contributed by atoms with van der Waals surface area (Å²) in [5.74, 6) is -1.49. The average Bonchev–Trinajstić information content (AvgIpc) is 4.14. The largest absolute Gasteiger partial charge is 0.494 e. The third-order valence-electron chi connectivity index (χ3n) is 12.2. The number of rotatable bonds is 15. The summed E-state index contributed by atoms with van der Waals surface area (Å²) in [6.07, 6.45) is 3.93. The van der Waals surface area contributed by atoms with E-state index in [0.29, 0.717) is 35.4 Å². The molecule has 3 aliphatic rings. The van der Waals surface area contributed by atoms with Gasteiger partial charge in [-0.25, -0.2) is 18.4 Å². The second-order valence-corrected chi connectivity index (χ2v) is 20.9. The summed E-state index contributed by atoms with van der Waals surface area (Å²) >= 11 is 7.98. The van der Waals surface area contributed by atoms with Crippen molar-refractivity contribution < 1.29 is 32.3 Å². The minimum atomic E-state index is -3.86. The molecule has 0 bridgehead atoms. The Morgan fingerprint density at radius 2 is 1.72 bits per heavy atom. The number of amides is 2. The van der Waals surface area contributed by atoms with Crippen molar-refractivity contribution in [1.29, 1.82) is 0 Å². The van der Waals surface area contributed by atoms with Crippen LogP contribution >= 0.6 is 22.9 Å². The lowest BCUT2D eigenvalue weighted by Gasteiger charge is -2.35. The van der Waals surface area contributed by atoms with Gasteiger partial charge in [-0.05, 0) is 54.4 Å². The van der Waals surface area contributed by atoms with Gasteiger partial charge in [0.05, 0.1) is 52.1 Å². The number of methoxy groups -OCH3 is 1. The summed E-state index contributed by atoms with van der Waals surface area (Å²) in [7, 11) is -2.31. The summed E-state index contributed by atoms with van der Waals surface area (Å²) in [6.45, 7) is 9.97. The van der Waals surface area contributed by atoms with Crippen molar-refractivity contribution in [2.75, 3.05) is 13.7 Å². The Morgan fingerprint density at radius 3 is 2.34 bits per heavy atom. The van der Waals surface area contributed by atoms with Gasteiger partial charge in [0.2, 0.25) is 27.7 Å². The van der Waals surface area contributed by atoms with Crippen LogP contribution in [-0.2, 0) is 30.8 Å². The van der Waals surface area contributed by atoms with Crippen LogP contribution in [0.5, 0.6) is 11.6 Å². The molecule has 1 saturated heterocycles. The lowest BCUT2D eigenvalue weighted by Crippen LogP contribution is -2.48. The standard InChI is InChI=1S/C47H49ClN4O7S2/c1-6-30-24-47(30,45(55)51-61(56,57)33-18-19-33)25-38(53)37-22-32(59-43-35-21-31(48)17-20-34(35)39(58-5)26-49-43)27-52(37)44(54)36(46(2,3)4)23-40-50-41(28-13-9-7-10-14-28)42(60-40)29-15-11-8-12-16-29/h6-17,20-21,26,30,32-33,36-37H,1,18-19,22-25,27H2,2-5H3,(H,51,55)/t30-,32-,36-,37+,47-/m1/s1. The number of ether oxygens (including phenoxy) is 2. The number of carbonyl (C=O) groups excluding carboxylic acids is 3. The third-order valence-corrected chi connectivity index (χ3v) is 15.4. The number of pyridine rings is 1. The number of fused-ring (bicyclic) bond motifs is 1. The summed E-state index contributed by atoms with van der Waals surface area (Å²) in [5.41, 5.74) is 0.972. The van der Waals surface area contributed by atoms with E-state index in [0.717, 1.165) is 32.1 Å². The quantitative estimate of drug-likeness (QED) is 0.102. The first-order valence-corrected chi connectivity index (χ1v) is 23.3. The highest BCUT2D eigenvalue weighted by atomic mass is 35.5. The highest BCUT2D eigenvalue weighted by molar-refractivity contribution is 7.90. The number of carbonyl (C=O) groups is 3. The molecule has 1 aliphatic heterocycles. The highest BCUT2D eigenvalue weighted by Gasteiger charge is 2.61. The first-order chi connectivity index (χ1) is 29.1. The number of Topliss-reactive ketones (excluding diaryl/α,β-unsaturated/α-hetero) is 1. The highest BCUT2D eigenvalue weighted by Crippen LogP contribution is 2.57. The first kappa shape index (κ1) is 42.6. The minimum Gasteiger partial charge on any atom is -0.494 e. The molecule has 2 saturated carbocycles. The summed E-state index contributed by atoms with van der Waals surface area (Å²) in [6, 6.07) is 24.4. The molecule has 0 radical (unpaired) electrons. The molecule has 5 atom stereocenters. The number of aromatic nitrogens is 2. The number of likely N-dealkylation sites (tertiary alicyclic amines) is 1. The van der Waals surface area contributed by atoms with E-state index >= 15 is 4.79 Å². The fraction of sp³-hybridized carbons (Fsp3) is 0.383. The summed E-state index contributed by atoms with van der Waals surface area (Å²) in [5, 5.41) is 1.99. The molecule has 318 valence electrons. The lowest BCUT2D eigenvalue weighted by atomic mass is 9.77. The van der Waals surface area contributed by atoms with Crippen LogP contribution in [0.15, 0.2) is 97.7 Å². The number of allylic oxidation sites excluding steroid dienone is 1. The molecule has 3 aromatic carbocycles. The molecule has 11 nitrogen and oxygen atoms in total. The SMILES string of the molecule is C=C[C@@H]1C[C@]1(CC(=O)[C@@H]1C[C@@H](Oc2ncc(OC)c3ccc(Cl)cc23)CN1C(=O)[C@@H](Cc1nc(-c2ccccc2)c(-c2ccccc2)s1)C(C)(C)C)C(=O)NS(=O)(=O)C1CC1. The smallest absolute Gasteiger partial charge is 0.240 e. The van der Waals surface area contributed by atoms with Gasteiger partial charge >= 0.3 is 0 Å². The van der Waals surface area contributed by atoms with Crippen molar-refractivity contribution in [2.24, 2.45) is 22.7 Å². The predicted octanol–water partition coefficient (Wildman–Crippen LogP) is 8.70. The van der Waals surface area contributed by atoms with E-state index in [4.69, 9.17) is 26.1 Å². The van der Waals surface area contributed by atoms with Crippen LogP contribution in [0.1, 0.15) is 57.9 Å². The average molecular weight is 882 g/mol. The van der Waals surface area contributed by atoms with Crippen LogP contribution in [0.2, 0.25) is 5.02 Å². The monoisotopic (exact) mass is 880 g/mol. The minimum absolute atomic E-state index is 0.0696. The topological polar surface area (TPSA) is 145 Å². The molecular weight excluding hydrogens is 832 g/mol. The zero-order chi connectivity index (χ0) is 43.3. The number of nitrogens with one attached hydrogen (secondary N) is 1. The number of sulfonamides is 1. The molecule has 8 rings (SSSR count). The zero-order valence-corrected chi connectivity index (χ0v) is 37.0. The molecule has 2 aliphatic carbocycles. The Kier molecular flexibility index (Phi) is 11.6. The molecule has 0 unspecified atom stereocenters. The third kappa shape index (κ3) is 8.69. The molecule has 1 N–H and O–H groups in total. The molecule has 3 heterocycles. The van der Waals surface area contributed by atoms with E-state index < -0.39 is 56.0 Å². The normalized spacial score (nSPS) is 21.8. The molecule has 5 aromatic rings. The van der Waals surface area contributed by atoms with Gasteiger partial charge in [-0.3, -0.25) is 19.1 Å². The molecule has 3 fully saturated rings. The number of hydrogen-bond acceptors (Lipinski definition) is 10. The van der Waals surface area contributed by atoms with Crippen molar-refractivity contribution in [2.45, 2.75) is 76.7 Å². The van der Waals surface area contributed by atoms with Crippen LogP contribution in [0.4, 0.5) is 0 Å². The number of nitrogens with zero attached hydrogens (tertiary/aromatic N) is 3. The fourth-order valence-corrected chi connectivity index (χ4v) is 11.2. The molecule has 2 aromatic heterocycles. The van der Waals surface area contributed by atoms with Gasteiger partial charge in [0, 0.05) is 46.5 Å². The van der Waals surface area contributed by atoms with Gasteiger partial charge in [0.15, 0.2) is 5.78 Å². The van der Waals surface area contributed by atoms with E-state index in [1.807, 2.05) is 75.4 Å². The van der Waals surface area contributed by atoms with E-state index in [2.05, 4.69) is 28.4 Å². The Bertz CT molecular complexity index is 2550. The predicted molar refractivity (Wildman–Crippen MR) is 238 cm³/mol. The fourth-order valence-electron chi connectivity index (χ4n) is 8.49. The second kappa shape index (κ2) is 16.6. The zero-order valence-electron chi connectivity index (χ0n) is 34.6.